The lowest BCUT2D eigenvalue weighted by molar-refractivity contribution is 0.384. The molecule has 1 aromatic carbocycles. The molecular weight excluding hydrogens is 348 g/mol. The lowest BCUT2D eigenvalue weighted by atomic mass is 10.2. The molecule has 4 aromatic rings. The highest BCUT2D eigenvalue weighted by atomic mass is 32.2. The van der Waals surface area contributed by atoms with Crippen molar-refractivity contribution in [2.24, 2.45) is 0 Å². The van der Waals surface area contributed by atoms with Crippen LogP contribution in [0.25, 0.3) is 16.7 Å². The molecule has 3 heterocycles. The summed E-state index contributed by atoms with van der Waals surface area (Å²) in [5.41, 5.74) is 1.75. The van der Waals surface area contributed by atoms with Crippen LogP contribution in [0.4, 0.5) is 0 Å². The Morgan fingerprint density at radius 1 is 1.15 bits per heavy atom. The number of benzene rings is 1. The van der Waals surface area contributed by atoms with Crippen LogP contribution < -0.4 is 0 Å². The van der Waals surface area contributed by atoms with Crippen molar-refractivity contribution in [1.82, 2.24) is 29.9 Å². The number of aromatic nitrogens is 6. The minimum Gasteiger partial charge on any atom is -0.338 e. The van der Waals surface area contributed by atoms with Gasteiger partial charge >= 0.3 is 0 Å². The van der Waals surface area contributed by atoms with Crippen LogP contribution in [0.2, 0.25) is 0 Å². The molecule has 0 aliphatic carbocycles. The standard InChI is InChI=1S/C18H18N6OS/c1-2-3-9-15-22-16(25-23-15)11-26-18-14-10-21-24(17(14)19-12-20-18)13-7-5-4-6-8-13/h4-8,10,12H,2-3,9,11H2,1H3. The number of rotatable bonds is 7. The van der Waals surface area contributed by atoms with Crippen molar-refractivity contribution >= 4 is 22.8 Å². The number of aryl methyl sites for hydroxylation is 1. The molecule has 0 aliphatic rings. The SMILES string of the molecule is CCCCc1noc(CSc2ncnc3c2cnn3-c2ccccc2)n1. The highest BCUT2D eigenvalue weighted by Crippen LogP contribution is 2.27. The maximum absolute atomic E-state index is 5.32. The molecule has 0 saturated heterocycles. The minimum atomic E-state index is 0.571. The maximum atomic E-state index is 5.32. The molecule has 4 rings (SSSR count). The molecule has 7 nitrogen and oxygen atoms in total. The molecule has 3 aromatic heterocycles. The van der Waals surface area contributed by atoms with Gasteiger partial charge in [-0.3, -0.25) is 0 Å². The Kier molecular flexibility index (Phi) is 4.92. The van der Waals surface area contributed by atoms with Gasteiger partial charge in [0.15, 0.2) is 11.5 Å². The Balaban J connectivity index is 1.54. The maximum Gasteiger partial charge on any atom is 0.237 e. The van der Waals surface area contributed by atoms with E-state index in [1.54, 1.807) is 24.3 Å². The first-order chi connectivity index (χ1) is 12.8. The van der Waals surface area contributed by atoms with E-state index in [4.69, 9.17) is 4.52 Å². The molecule has 0 bridgehead atoms. The summed E-state index contributed by atoms with van der Waals surface area (Å²) in [6.45, 7) is 2.15. The quantitative estimate of drug-likeness (QED) is 0.363. The van der Waals surface area contributed by atoms with E-state index in [0.29, 0.717) is 11.6 Å². The minimum absolute atomic E-state index is 0.571. The molecule has 0 fully saturated rings. The van der Waals surface area contributed by atoms with E-state index in [1.807, 2.05) is 35.0 Å². The second-order valence-corrected chi connectivity index (χ2v) is 6.77. The van der Waals surface area contributed by atoms with E-state index in [0.717, 1.165) is 46.8 Å². The summed E-state index contributed by atoms with van der Waals surface area (Å²) in [6.07, 6.45) is 6.39. The average molecular weight is 366 g/mol. The average Bonchev–Trinajstić information content (AvgIpc) is 3.32. The van der Waals surface area contributed by atoms with Crippen LogP contribution in [0, 0.1) is 0 Å². The summed E-state index contributed by atoms with van der Waals surface area (Å²) >= 11 is 1.55. The third-order valence-corrected chi connectivity index (χ3v) is 4.92. The van der Waals surface area contributed by atoms with Crippen molar-refractivity contribution in [2.45, 2.75) is 37.0 Å². The van der Waals surface area contributed by atoms with Gasteiger partial charge in [-0.2, -0.15) is 10.1 Å². The van der Waals surface area contributed by atoms with Gasteiger partial charge in [-0.05, 0) is 18.6 Å². The van der Waals surface area contributed by atoms with Gasteiger partial charge in [-0.15, -0.1) is 0 Å². The Hall–Kier alpha value is -2.74. The van der Waals surface area contributed by atoms with Crippen LogP contribution in [0.1, 0.15) is 31.5 Å². The molecule has 0 saturated carbocycles. The third-order valence-electron chi connectivity index (χ3n) is 3.93. The highest BCUT2D eigenvalue weighted by Gasteiger charge is 2.13. The second-order valence-electron chi connectivity index (χ2n) is 5.80. The molecule has 8 heteroatoms. The summed E-state index contributed by atoms with van der Waals surface area (Å²) in [6, 6.07) is 9.93. The molecule has 0 spiro atoms. The lowest BCUT2D eigenvalue weighted by Gasteiger charge is -2.03. The van der Waals surface area contributed by atoms with Crippen molar-refractivity contribution in [3.8, 4) is 5.69 Å². The normalized spacial score (nSPS) is 11.3. The van der Waals surface area contributed by atoms with Crippen molar-refractivity contribution < 1.29 is 4.52 Å². The number of fused-ring (bicyclic) bond motifs is 1. The zero-order chi connectivity index (χ0) is 17.8. The lowest BCUT2D eigenvalue weighted by Crippen LogP contribution is -1.97. The predicted molar refractivity (Wildman–Crippen MR) is 99.1 cm³/mol. The molecule has 0 unspecified atom stereocenters. The van der Waals surface area contributed by atoms with Crippen LogP contribution >= 0.6 is 11.8 Å². The van der Waals surface area contributed by atoms with Crippen LogP contribution in [0.15, 0.2) is 52.4 Å². The van der Waals surface area contributed by atoms with E-state index in [1.165, 1.54) is 0 Å². The molecule has 132 valence electrons. The van der Waals surface area contributed by atoms with E-state index >= 15 is 0 Å². The Labute approximate surface area is 154 Å². The van der Waals surface area contributed by atoms with Gasteiger partial charge in [0.2, 0.25) is 5.89 Å². The molecule has 0 atom stereocenters. The largest absolute Gasteiger partial charge is 0.338 e. The fraction of sp³-hybridized carbons (Fsp3) is 0.278. The Morgan fingerprint density at radius 3 is 2.88 bits per heavy atom. The van der Waals surface area contributed by atoms with Gasteiger partial charge in [0.1, 0.15) is 11.4 Å². The van der Waals surface area contributed by atoms with Gasteiger partial charge in [0.25, 0.3) is 0 Å². The highest BCUT2D eigenvalue weighted by molar-refractivity contribution is 7.98. The molecule has 0 radical (unpaired) electrons. The molecule has 26 heavy (non-hydrogen) atoms. The summed E-state index contributed by atoms with van der Waals surface area (Å²) in [7, 11) is 0. The molecule has 0 aliphatic heterocycles. The first-order valence-electron chi connectivity index (χ1n) is 8.53. The fourth-order valence-electron chi connectivity index (χ4n) is 2.61. The van der Waals surface area contributed by atoms with Gasteiger partial charge in [0, 0.05) is 6.42 Å². The topological polar surface area (TPSA) is 82.5 Å². The van der Waals surface area contributed by atoms with Crippen molar-refractivity contribution in [1.29, 1.82) is 0 Å². The number of para-hydroxylation sites is 1. The first-order valence-corrected chi connectivity index (χ1v) is 9.52. The van der Waals surface area contributed by atoms with Crippen molar-refractivity contribution in [3.05, 3.63) is 54.6 Å². The summed E-state index contributed by atoms with van der Waals surface area (Å²) in [5, 5.41) is 10.3. The van der Waals surface area contributed by atoms with Crippen molar-refractivity contribution in [2.75, 3.05) is 0 Å². The Bertz CT molecular complexity index is 997. The molecule has 0 N–H and O–H groups in total. The van der Waals surface area contributed by atoms with Crippen LogP contribution in [0.3, 0.4) is 0 Å². The Morgan fingerprint density at radius 2 is 2.04 bits per heavy atom. The summed E-state index contributed by atoms with van der Waals surface area (Å²) < 4.78 is 7.14. The fourth-order valence-corrected chi connectivity index (χ4v) is 3.41. The first kappa shape index (κ1) is 16.7. The third kappa shape index (κ3) is 3.45. The van der Waals surface area contributed by atoms with E-state index in [-0.39, 0.29) is 0 Å². The van der Waals surface area contributed by atoms with Gasteiger partial charge < -0.3 is 4.52 Å². The molecular formula is C18H18N6OS. The van der Waals surface area contributed by atoms with Crippen molar-refractivity contribution in [3.63, 3.8) is 0 Å². The number of nitrogens with zero attached hydrogens (tertiary/aromatic N) is 6. The van der Waals surface area contributed by atoms with Gasteiger partial charge in [-0.25, -0.2) is 14.6 Å². The van der Waals surface area contributed by atoms with Gasteiger partial charge in [-0.1, -0.05) is 48.5 Å². The predicted octanol–water partition coefficient (Wildman–Crippen LogP) is 3.83. The zero-order valence-corrected chi connectivity index (χ0v) is 15.2. The van der Waals surface area contributed by atoms with Crippen LogP contribution in [0.5, 0.6) is 0 Å². The van der Waals surface area contributed by atoms with Gasteiger partial charge in [0.05, 0.1) is 23.0 Å². The van der Waals surface area contributed by atoms with E-state index in [9.17, 15) is 0 Å². The summed E-state index contributed by atoms with van der Waals surface area (Å²) in [5.74, 6) is 1.96. The zero-order valence-electron chi connectivity index (χ0n) is 14.4. The number of hydrogen-bond donors (Lipinski definition) is 0. The monoisotopic (exact) mass is 366 g/mol. The van der Waals surface area contributed by atoms with E-state index < -0.39 is 0 Å². The van der Waals surface area contributed by atoms with Crippen LogP contribution in [-0.2, 0) is 12.2 Å². The van der Waals surface area contributed by atoms with Crippen LogP contribution in [-0.4, -0.2) is 29.9 Å². The smallest absolute Gasteiger partial charge is 0.237 e. The number of hydrogen-bond acceptors (Lipinski definition) is 7. The second kappa shape index (κ2) is 7.65. The summed E-state index contributed by atoms with van der Waals surface area (Å²) in [4.78, 5) is 13.2. The number of thioether (sulfide) groups is 1. The number of unbranched alkanes of at least 4 members (excludes halogenated alkanes) is 1. The molecule has 0 amide bonds. The van der Waals surface area contributed by atoms with E-state index in [2.05, 4.69) is 32.1 Å².